The van der Waals surface area contributed by atoms with Gasteiger partial charge in [-0.3, -0.25) is 14.4 Å². The number of benzene rings is 2. The first-order valence-corrected chi connectivity index (χ1v) is 10.4. The molecule has 0 saturated heterocycles. The molecule has 0 bridgehead atoms. The molecule has 2 N–H and O–H groups in total. The number of carbonyl (C=O) groups excluding carboxylic acids is 3. The van der Waals surface area contributed by atoms with Gasteiger partial charge in [0.25, 0.3) is 11.8 Å². The van der Waals surface area contributed by atoms with Gasteiger partial charge in [0.1, 0.15) is 5.75 Å². The second-order valence-electron chi connectivity index (χ2n) is 6.95. The van der Waals surface area contributed by atoms with Crippen molar-refractivity contribution < 1.29 is 19.1 Å². The van der Waals surface area contributed by atoms with Crippen LogP contribution in [0.1, 0.15) is 35.3 Å². The standard InChI is InChI=1S/C22H25Cl2N3O4/c1-4-18(16-7-5-6-8-19(16)31-13-21(29)27(2)3)26-20(28)12-25-22(30)15-10-9-14(23)11-17(15)24/h5-11,18H,4,12-13H2,1-3H3,(H,25,30)(H,26,28). The highest BCUT2D eigenvalue weighted by Crippen LogP contribution is 2.27. The molecule has 2 aromatic carbocycles. The van der Waals surface area contributed by atoms with E-state index in [1.54, 1.807) is 32.3 Å². The lowest BCUT2D eigenvalue weighted by atomic mass is 10.0. The lowest BCUT2D eigenvalue weighted by molar-refractivity contribution is -0.130. The number of ether oxygens (including phenoxy) is 1. The van der Waals surface area contributed by atoms with E-state index in [4.69, 9.17) is 27.9 Å². The first kappa shape index (κ1) is 24.5. The van der Waals surface area contributed by atoms with Crippen LogP contribution in [0.25, 0.3) is 0 Å². The fraction of sp³-hybridized carbons (Fsp3) is 0.318. The van der Waals surface area contributed by atoms with Crippen molar-refractivity contribution in [3.05, 3.63) is 63.6 Å². The maximum Gasteiger partial charge on any atom is 0.259 e. The number of hydrogen-bond donors (Lipinski definition) is 2. The average molecular weight is 466 g/mol. The summed E-state index contributed by atoms with van der Waals surface area (Å²) >= 11 is 11.9. The van der Waals surface area contributed by atoms with E-state index in [1.807, 2.05) is 19.1 Å². The predicted octanol–water partition coefficient (Wildman–Crippen LogP) is 3.46. The van der Waals surface area contributed by atoms with Crippen molar-refractivity contribution in [2.24, 2.45) is 0 Å². The van der Waals surface area contributed by atoms with E-state index in [1.165, 1.54) is 17.0 Å². The summed E-state index contributed by atoms with van der Waals surface area (Å²) in [4.78, 5) is 38.0. The molecule has 0 fully saturated rings. The second kappa shape index (κ2) is 11.6. The van der Waals surface area contributed by atoms with Gasteiger partial charge in [-0.25, -0.2) is 0 Å². The van der Waals surface area contributed by atoms with Gasteiger partial charge in [0, 0.05) is 24.7 Å². The van der Waals surface area contributed by atoms with Gasteiger partial charge in [0.05, 0.1) is 23.2 Å². The topological polar surface area (TPSA) is 87.7 Å². The Bertz CT molecular complexity index is 950. The number of halogens is 2. The van der Waals surface area contributed by atoms with Gasteiger partial charge in [-0.1, -0.05) is 48.3 Å². The molecule has 9 heteroatoms. The molecule has 3 amide bonds. The third kappa shape index (κ3) is 7.15. The van der Waals surface area contributed by atoms with Crippen LogP contribution in [0.4, 0.5) is 0 Å². The molecule has 0 heterocycles. The Hall–Kier alpha value is -2.77. The summed E-state index contributed by atoms with van der Waals surface area (Å²) in [6, 6.07) is 11.4. The average Bonchev–Trinajstić information content (AvgIpc) is 2.74. The van der Waals surface area contributed by atoms with Crippen molar-refractivity contribution in [2.75, 3.05) is 27.2 Å². The minimum absolute atomic E-state index is 0.105. The van der Waals surface area contributed by atoms with Crippen LogP contribution < -0.4 is 15.4 Å². The Morgan fingerprint density at radius 3 is 2.45 bits per heavy atom. The molecular weight excluding hydrogens is 441 g/mol. The largest absolute Gasteiger partial charge is 0.483 e. The maximum atomic E-state index is 12.4. The van der Waals surface area contributed by atoms with Crippen LogP contribution >= 0.6 is 23.2 Å². The molecule has 0 aliphatic rings. The molecule has 0 aromatic heterocycles. The Morgan fingerprint density at radius 1 is 1.10 bits per heavy atom. The van der Waals surface area contributed by atoms with Crippen LogP contribution in [0, 0.1) is 0 Å². The monoisotopic (exact) mass is 465 g/mol. The number of nitrogens with zero attached hydrogens (tertiary/aromatic N) is 1. The second-order valence-corrected chi connectivity index (χ2v) is 7.79. The molecule has 1 atom stereocenters. The minimum atomic E-state index is -0.476. The lowest BCUT2D eigenvalue weighted by Crippen LogP contribution is -2.38. The van der Waals surface area contributed by atoms with Gasteiger partial charge in [-0.15, -0.1) is 0 Å². The fourth-order valence-corrected chi connectivity index (χ4v) is 3.24. The van der Waals surface area contributed by atoms with Crippen molar-refractivity contribution in [2.45, 2.75) is 19.4 Å². The van der Waals surface area contributed by atoms with E-state index in [-0.39, 0.29) is 41.6 Å². The van der Waals surface area contributed by atoms with E-state index in [0.717, 1.165) is 5.56 Å². The van der Waals surface area contributed by atoms with Crippen LogP contribution in [0.5, 0.6) is 5.75 Å². The highest BCUT2D eigenvalue weighted by atomic mass is 35.5. The Kier molecular flexibility index (Phi) is 9.15. The highest BCUT2D eigenvalue weighted by molar-refractivity contribution is 6.36. The molecule has 2 aromatic rings. The highest BCUT2D eigenvalue weighted by Gasteiger charge is 2.19. The molecule has 0 saturated carbocycles. The van der Waals surface area contributed by atoms with Crippen molar-refractivity contribution >= 4 is 40.9 Å². The fourth-order valence-electron chi connectivity index (χ4n) is 2.74. The van der Waals surface area contributed by atoms with Crippen LogP contribution in [0.3, 0.4) is 0 Å². The lowest BCUT2D eigenvalue weighted by Gasteiger charge is -2.21. The van der Waals surface area contributed by atoms with Crippen molar-refractivity contribution in [1.82, 2.24) is 15.5 Å². The molecule has 0 aliphatic carbocycles. The SMILES string of the molecule is CCC(NC(=O)CNC(=O)c1ccc(Cl)cc1Cl)c1ccccc1OCC(=O)N(C)C. The van der Waals surface area contributed by atoms with Crippen LogP contribution in [0.15, 0.2) is 42.5 Å². The Morgan fingerprint density at radius 2 is 1.81 bits per heavy atom. The van der Waals surface area contributed by atoms with Gasteiger partial charge in [-0.2, -0.15) is 0 Å². The summed E-state index contributed by atoms with van der Waals surface area (Å²) in [5.41, 5.74) is 0.979. The number of para-hydroxylation sites is 1. The van der Waals surface area contributed by atoms with E-state index in [2.05, 4.69) is 10.6 Å². The van der Waals surface area contributed by atoms with Crippen LogP contribution in [-0.2, 0) is 9.59 Å². The summed E-state index contributed by atoms with van der Waals surface area (Å²) in [6.45, 7) is 1.58. The smallest absolute Gasteiger partial charge is 0.259 e. The number of carbonyl (C=O) groups is 3. The molecule has 1 unspecified atom stereocenters. The molecule has 2 rings (SSSR count). The maximum absolute atomic E-state index is 12.4. The van der Waals surface area contributed by atoms with E-state index < -0.39 is 5.91 Å². The molecule has 0 aliphatic heterocycles. The minimum Gasteiger partial charge on any atom is -0.483 e. The van der Waals surface area contributed by atoms with Crippen LogP contribution in [0.2, 0.25) is 10.0 Å². The summed E-state index contributed by atoms with van der Waals surface area (Å²) in [5.74, 6) is -0.502. The third-order valence-electron chi connectivity index (χ3n) is 4.47. The number of rotatable bonds is 9. The zero-order valence-corrected chi connectivity index (χ0v) is 19.1. The van der Waals surface area contributed by atoms with Gasteiger partial charge in [0.2, 0.25) is 5.91 Å². The Balaban J connectivity index is 2.00. The van der Waals surface area contributed by atoms with E-state index in [0.29, 0.717) is 17.2 Å². The predicted molar refractivity (Wildman–Crippen MR) is 121 cm³/mol. The van der Waals surface area contributed by atoms with Gasteiger partial charge in [-0.05, 0) is 30.7 Å². The molecule has 0 spiro atoms. The zero-order valence-electron chi connectivity index (χ0n) is 17.6. The quantitative estimate of drug-likeness (QED) is 0.593. The summed E-state index contributed by atoms with van der Waals surface area (Å²) in [5, 5.41) is 6.05. The number of amides is 3. The Labute approximate surface area is 191 Å². The van der Waals surface area contributed by atoms with Crippen molar-refractivity contribution in [1.29, 1.82) is 0 Å². The molecule has 31 heavy (non-hydrogen) atoms. The molecule has 7 nitrogen and oxygen atoms in total. The molecule has 0 radical (unpaired) electrons. The number of hydrogen-bond acceptors (Lipinski definition) is 4. The third-order valence-corrected chi connectivity index (χ3v) is 5.02. The van der Waals surface area contributed by atoms with Gasteiger partial charge in [0.15, 0.2) is 6.61 Å². The molecule has 166 valence electrons. The summed E-state index contributed by atoms with van der Waals surface area (Å²) < 4.78 is 5.67. The molecular formula is C22H25Cl2N3O4. The van der Waals surface area contributed by atoms with Gasteiger partial charge >= 0.3 is 0 Å². The number of nitrogens with one attached hydrogen (secondary N) is 2. The van der Waals surface area contributed by atoms with Crippen molar-refractivity contribution in [3.8, 4) is 5.75 Å². The first-order chi connectivity index (χ1) is 14.7. The zero-order chi connectivity index (χ0) is 23.0. The summed E-state index contributed by atoms with van der Waals surface area (Å²) in [7, 11) is 3.30. The first-order valence-electron chi connectivity index (χ1n) is 9.67. The normalized spacial score (nSPS) is 11.4. The van der Waals surface area contributed by atoms with E-state index >= 15 is 0 Å². The van der Waals surface area contributed by atoms with Crippen LogP contribution in [-0.4, -0.2) is 49.9 Å². The van der Waals surface area contributed by atoms with Crippen molar-refractivity contribution in [3.63, 3.8) is 0 Å². The van der Waals surface area contributed by atoms with Gasteiger partial charge < -0.3 is 20.3 Å². The summed E-state index contributed by atoms with van der Waals surface area (Å²) in [6.07, 6.45) is 0.588. The van der Waals surface area contributed by atoms with E-state index in [9.17, 15) is 14.4 Å². The number of likely N-dealkylation sites (N-methyl/N-ethyl adjacent to an activating group) is 1.